The van der Waals surface area contributed by atoms with Gasteiger partial charge in [0.25, 0.3) is 0 Å². The number of aliphatic hydroxyl groups is 5. The molecule has 1 saturated heterocycles. The Balaban J connectivity index is 2.32. The molecule has 1 heterocycles. The fourth-order valence-electron chi connectivity index (χ4n) is 7.81. The van der Waals surface area contributed by atoms with Crippen molar-refractivity contribution in [3.63, 3.8) is 0 Å². The zero-order valence-corrected chi connectivity index (χ0v) is 39.2. The highest BCUT2D eigenvalue weighted by Gasteiger charge is 2.44. The summed E-state index contributed by atoms with van der Waals surface area (Å²) in [5.74, 6) is -0.199. The third-order valence-electron chi connectivity index (χ3n) is 11.9. The van der Waals surface area contributed by atoms with E-state index in [1.807, 2.05) is 6.08 Å². The smallest absolute Gasteiger partial charge is 0.220 e. The molecule has 1 aliphatic heterocycles. The van der Waals surface area contributed by atoms with E-state index in [2.05, 4.69) is 55.6 Å². The maximum Gasteiger partial charge on any atom is 0.220 e. The molecule has 0 aromatic carbocycles. The Morgan fingerprint density at radius 3 is 1.51 bits per heavy atom. The zero-order valence-electron chi connectivity index (χ0n) is 39.2. The first-order valence-electron chi connectivity index (χ1n) is 25.4. The minimum absolute atomic E-state index is 0.199. The van der Waals surface area contributed by atoms with Crippen LogP contribution in [0.1, 0.15) is 219 Å². The average molecular weight is 862 g/mol. The third-order valence-corrected chi connectivity index (χ3v) is 11.9. The van der Waals surface area contributed by atoms with Crippen LogP contribution in [-0.2, 0) is 14.3 Å². The van der Waals surface area contributed by atoms with Gasteiger partial charge in [-0.3, -0.25) is 4.79 Å². The van der Waals surface area contributed by atoms with Crippen LogP contribution in [0.5, 0.6) is 0 Å². The Kier molecular flexibility index (Phi) is 39.5. The topological polar surface area (TPSA) is 149 Å². The van der Waals surface area contributed by atoms with Crippen molar-refractivity contribution in [3.05, 3.63) is 48.6 Å². The van der Waals surface area contributed by atoms with Crippen molar-refractivity contribution in [2.24, 2.45) is 0 Å². The van der Waals surface area contributed by atoms with Crippen LogP contribution in [0.4, 0.5) is 0 Å². The molecule has 61 heavy (non-hydrogen) atoms. The molecule has 1 rings (SSSR count). The first-order chi connectivity index (χ1) is 29.8. The van der Waals surface area contributed by atoms with Gasteiger partial charge in [0.15, 0.2) is 6.29 Å². The number of allylic oxidation sites excluding steroid dienone is 7. The molecule has 356 valence electrons. The molecule has 1 amide bonds. The van der Waals surface area contributed by atoms with E-state index in [0.717, 1.165) is 64.2 Å². The minimum Gasteiger partial charge on any atom is -0.394 e. The zero-order chi connectivity index (χ0) is 44.4. The van der Waals surface area contributed by atoms with E-state index in [1.54, 1.807) is 6.08 Å². The molecule has 0 aromatic rings. The number of carbonyl (C=O) groups excluding carboxylic acids is 1. The van der Waals surface area contributed by atoms with Crippen LogP contribution in [-0.4, -0.2) is 87.5 Å². The second kappa shape index (κ2) is 42.1. The standard InChI is InChI=1S/C52H95NO8/c1-3-5-7-9-11-13-15-17-19-20-21-22-23-24-25-26-28-29-31-33-35-37-39-41-46(55)45(44-60-52-51(59)50(58)49(57)47(43-54)61-52)53-48(56)42-40-38-36-34-32-30-27-18-16-14-12-10-8-6-4-2/h12,14,16,18,31,33,39,41,45-47,49-52,54-55,57-59H,3-11,13,15,17,19-30,32,34-38,40,42-44H2,1-2H3,(H,53,56)/b14-12-,18-16-,33-31+,41-39+. The maximum absolute atomic E-state index is 13.0. The lowest BCUT2D eigenvalue weighted by Gasteiger charge is -2.40. The van der Waals surface area contributed by atoms with Gasteiger partial charge in [0, 0.05) is 6.42 Å². The molecule has 7 unspecified atom stereocenters. The lowest BCUT2D eigenvalue weighted by molar-refractivity contribution is -0.302. The molecule has 0 aliphatic carbocycles. The highest BCUT2D eigenvalue weighted by Crippen LogP contribution is 2.23. The van der Waals surface area contributed by atoms with Gasteiger partial charge in [-0.25, -0.2) is 0 Å². The number of unbranched alkanes of at least 4 members (excludes halogenated alkanes) is 27. The fourth-order valence-corrected chi connectivity index (χ4v) is 7.81. The van der Waals surface area contributed by atoms with Crippen molar-refractivity contribution in [1.82, 2.24) is 5.32 Å². The number of carbonyl (C=O) groups is 1. The number of aliphatic hydroxyl groups excluding tert-OH is 5. The fraction of sp³-hybridized carbons (Fsp3) is 0.827. The second-order valence-corrected chi connectivity index (χ2v) is 17.6. The Labute approximate surface area is 373 Å². The van der Waals surface area contributed by atoms with E-state index in [1.165, 1.54) is 135 Å². The van der Waals surface area contributed by atoms with Crippen molar-refractivity contribution in [2.45, 2.75) is 262 Å². The molecular weight excluding hydrogens is 767 g/mol. The van der Waals surface area contributed by atoms with Crippen molar-refractivity contribution in [1.29, 1.82) is 0 Å². The Hall–Kier alpha value is -1.85. The summed E-state index contributed by atoms with van der Waals surface area (Å²) in [5.41, 5.74) is 0. The molecule has 9 nitrogen and oxygen atoms in total. The lowest BCUT2D eigenvalue weighted by Crippen LogP contribution is -2.60. The monoisotopic (exact) mass is 862 g/mol. The summed E-state index contributed by atoms with van der Waals surface area (Å²) < 4.78 is 11.2. The Bertz CT molecular complexity index is 1090. The highest BCUT2D eigenvalue weighted by molar-refractivity contribution is 5.76. The Morgan fingerprint density at radius 2 is 0.984 bits per heavy atom. The van der Waals surface area contributed by atoms with Crippen LogP contribution >= 0.6 is 0 Å². The van der Waals surface area contributed by atoms with E-state index < -0.39 is 49.5 Å². The highest BCUT2D eigenvalue weighted by atomic mass is 16.7. The van der Waals surface area contributed by atoms with Gasteiger partial charge in [0.1, 0.15) is 24.4 Å². The molecule has 6 N–H and O–H groups in total. The third kappa shape index (κ3) is 32.5. The van der Waals surface area contributed by atoms with Crippen molar-refractivity contribution >= 4 is 5.91 Å². The first kappa shape index (κ1) is 57.2. The summed E-state index contributed by atoms with van der Waals surface area (Å²) in [7, 11) is 0. The van der Waals surface area contributed by atoms with Gasteiger partial charge >= 0.3 is 0 Å². The van der Waals surface area contributed by atoms with Crippen LogP contribution in [0.2, 0.25) is 0 Å². The summed E-state index contributed by atoms with van der Waals surface area (Å²) in [4.78, 5) is 13.0. The molecule has 7 atom stereocenters. The number of rotatable bonds is 42. The molecule has 0 radical (unpaired) electrons. The second-order valence-electron chi connectivity index (χ2n) is 17.6. The van der Waals surface area contributed by atoms with Crippen LogP contribution in [0.15, 0.2) is 48.6 Å². The quantitative estimate of drug-likeness (QED) is 0.0202. The van der Waals surface area contributed by atoms with E-state index in [9.17, 15) is 30.3 Å². The maximum atomic E-state index is 13.0. The summed E-state index contributed by atoms with van der Waals surface area (Å²) in [5, 5.41) is 54.3. The predicted octanol–water partition coefficient (Wildman–Crippen LogP) is 11.4. The summed E-state index contributed by atoms with van der Waals surface area (Å²) in [6, 6.07) is -0.828. The number of hydrogen-bond acceptors (Lipinski definition) is 8. The van der Waals surface area contributed by atoms with E-state index in [0.29, 0.717) is 6.42 Å². The van der Waals surface area contributed by atoms with Crippen molar-refractivity contribution in [3.8, 4) is 0 Å². The molecular formula is C52H95NO8. The predicted molar refractivity (Wildman–Crippen MR) is 253 cm³/mol. The van der Waals surface area contributed by atoms with Gasteiger partial charge in [-0.15, -0.1) is 0 Å². The van der Waals surface area contributed by atoms with Gasteiger partial charge in [-0.1, -0.05) is 204 Å². The largest absolute Gasteiger partial charge is 0.394 e. The summed E-state index contributed by atoms with van der Waals surface area (Å²) >= 11 is 0. The summed E-state index contributed by atoms with van der Waals surface area (Å²) in [6.07, 6.45) is 47.3. The van der Waals surface area contributed by atoms with Crippen molar-refractivity contribution in [2.75, 3.05) is 13.2 Å². The molecule has 0 spiro atoms. The number of ether oxygens (including phenoxy) is 2. The van der Waals surface area contributed by atoms with Gasteiger partial charge in [-0.05, 0) is 57.8 Å². The Morgan fingerprint density at radius 1 is 0.557 bits per heavy atom. The van der Waals surface area contributed by atoms with Gasteiger partial charge in [0.05, 0.1) is 25.4 Å². The molecule has 1 aliphatic rings. The minimum atomic E-state index is -1.57. The first-order valence-corrected chi connectivity index (χ1v) is 25.4. The number of nitrogens with one attached hydrogen (secondary N) is 1. The normalized spacial score (nSPS) is 20.8. The van der Waals surface area contributed by atoms with Gasteiger partial charge < -0.3 is 40.3 Å². The SMILES string of the molecule is CCCCC/C=C\C=C/CCCCCCCCC(=O)NC(COC1OC(CO)C(O)C(O)C1O)C(O)/C=C/CC/C=C/CCCCCCCCCCCCCCCCCCC. The van der Waals surface area contributed by atoms with Crippen LogP contribution in [0, 0.1) is 0 Å². The molecule has 0 aromatic heterocycles. The van der Waals surface area contributed by atoms with Crippen LogP contribution < -0.4 is 5.32 Å². The van der Waals surface area contributed by atoms with E-state index >= 15 is 0 Å². The van der Waals surface area contributed by atoms with E-state index in [-0.39, 0.29) is 12.5 Å². The van der Waals surface area contributed by atoms with Gasteiger partial charge in [0.2, 0.25) is 5.91 Å². The van der Waals surface area contributed by atoms with E-state index in [4.69, 9.17) is 9.47 Å². The lowest BCUT2D eigenvalue weighted by atomic mass is 9.99. The molecule has 9 heteroatoms. The van der Waals surface area contributed by atoms with Gasteiger partial charge in [-0.2, -0.15) is 0 Å². The molecule has 1 fully saturated rings. The summed E-state index contributed by atoms with van der Waals surface area (Å²) in [6.45, 7) is 3.73. The van der Waals surface area contributed by atoms with Crippen LogP contribution in [0.3, 0.4) is 0 Å². The number of hydrogen-bond donors (Lipinski definition) is 6. The molecule has 0 saturated carbocycles. The number of amides is 1. The van der Waals surface area contributed by atoms with Crippen molar-refractivity contribution < 1.29 is 39.8 Å². The average Bonchev–Trinajstić information content (AvgIpc) is 3.26. The van der Waals surface area contributed by atoms with Crippen LogP contribution in [0.25, 0.3) is 0 Å². The molecule has 0 bridgehead atoms.